The van der Waals surface area contributed by atoms with E-state index in [0.717, 1.165) is 16.9 Å². The highest BCUT2D eigenvalue weighted by molar-refractivity contribution is 7.83. The summed E-state index contributed by atoms with van der Waals surface area (Å²) in [7, 11) is -1.12. The van der Waals surface area contributed by atoms with Crippen molar-refractivity contribution in [1.82, 2.24) is 5.16 Å². The molecule has 0 aliphatic carbocycles. The summed E-state index contributed by atoms with van der Waals surface area (Å²) in [6, 6.07) is 5.39. The Balaban J connectivity index is 1.78. The fourth-order valence-electron chi connectivity index (χ4n) is 2.24. The zero-order chi connectivity index (χ0) is 14.8. The van der Waals surface area contributed by atoms with Crippen LogP contribution in [0, 0.1) is 6.92 Å². The molecule has 0 fully saturated rings. The number of aromatic nitrogens is 1. The van der Waals surface area contributed by atoms with E-state index in [2.05, 4.69) is 5.16 Å². The Morgan fingerprint density at radius 3 is 2.95 bits per heavy atom. The van der Waals surface area contributed by atoms with E-state index in [1.54, 1.807) is 19.1 Å². The van der Waals surface area contributed by atoms with Crippen LogP contribution in [0.25, 0.3) is 0 Å². The van der Waals surface area contributed by atoms with Gasteiger partial charge in [0, 0.05) is 33.0 Å². The second-order valence-electron chi connectivity index (χ2n) is 4.82. The van der Waals surface area contributed by atoms with Gasteiger partial charge in [-0.25, -0.2) is 0 Å². The highest BCUT2D eigenvalue weighted by atomic mass is 35.5. The Morgan fingerprint density at radius 1 is 1.33 bits per heavy atom. The van der Waals surface area contributed by atoms with Crippen molar-refractivity contribution in [3.8, 4) is 5.75 Å². The monoisotopic (exact) mass is 327 g/mol. The Bertz CT molecular complexity index is 686. The molecule has 0 saturated carbocycles. The predicted octanol–water partition coefficient (Wildman–Crippen LogP) is 2.95. The van der Waals surface area contributed by atoms with Gasteiger partial charge in [0.2, 0.25) is 0 Å². The van der Waals surface area contributed by atoms with Crippen molar-refractivity contribution in [3.05, 3.63) is 45.8 Å². The molecule has 1 aromatic carbocycles. The molecule has 2 aromatic rings. The average molecular weight is 328 g/mol. The van der Waals surface area contributed by atoms with Crippen LogP contribution in [0.15, 0.2) is 22.7 Å². The molecule has 0 bridgehead atoms. The lowest BCUT2D eigenvalue weighted by Gasteiger charge is -2.20. The van der Waals surface area contributed by atoms with Crippen molar-refractivity contribution in [2.24, 2.45) is 0 Å². The van der Waals surface area contributed by atoms with Gasteiger partial charge in [0.15, 0.2) is 6.79 Å². The number of benzene rings is 1. The lowest BCUT2D eigenvalue weighted by Crippen LogP contribution is -2.14. The molecule has 1 unspecified atom stereocenters. The van der Waals surface area contributed by atoms with E-state index in [1.165, 1.54) is 0 Å². The number of halogens is 1. The topological polar surface area (TPSA) is 61.6 Å². The highest BCUT2D eigenvalue weighted by Crippen LogP contribution is 2.32. The molecular formula is C14H14ClNO4S. The minimum Gasteiger partial charge on any atom is -0.467 e. The largest absolute Gasteiger partial charge is 0.467 e. The fraction of sp³-hybridized carbons (Fsp3) is 0.357. The SMILES string of the molecule is Cc1cc(CS(=O)Cc2cc(Cl)cc3c2OCOC3)no1. The van der Waals surface area contributed by atoms with Gasteiger partial charge in [0.05, 0.1) is 23.8 Å². The third-order valence-electron chi connectivity index (χ3n) is 3.05. The molecule has 3 rings (SSSR count). The molecule has 7 heteroatoms. The number of hydrogen-bond donors (Lipinski definition) is 0. The van der Waals surface area contributed by atoms with Gasteiger partial charge >= 0.3 is 0 Å². The van der Waals surface area contributed by atoms with Gasteiger partial charge in [-0.1, -0.05) is 16.8 Å². The normalized spacial score (nSPS) is 15.3. The first-order valence-electron chi connectivity index (χ1n) is 6.41. The molecule has 0 N–H and O–H groups in total. The average Bonchev–Trinajstić information content (AvgIpc) is 2.83. The molecule has 1 aliphatic heterocycles. The number of rotatable bonds is 4. The molecule has 21 heavy (non-hydrogen) atoms. The van der Waals surface area contributed by atoms with Crippen LogP contribution in [-0.4, -0.2) is 16.2 Å². The van der Waals surface area contributed by atoms with Crippen molar-refractivity contribution in [3.63, 3.8) is 0 Å². The van der Waals surface area contributed by atoms with Crippen LogP contribution in [-0.2, 0) is 33.6 Å². The first kappa shape index (κ1) is 14.6. The quantitative estimate of drug-likeness (QED) is 0.864. The van der Waals surface area contributed by atoms with Crippen molar-refractivity contribution < 1.29 is 18.2 Å². The smallest absolute Gasteiger partial charge is 0.189 e. The summed E-state index contributed by atoms with van der Waals surface area (Å²) in [5.74, 6) is 2.14. The Kier molecular flexibility index (Phi) is 4.28. The second-order valence-corrected chi connectivity index (χ2v) is 6.71. The van der Waals surface area contributed by atoms with Crippen molar-refractivity contribution in [2.45, 2.75) is 25.0 Å². The summed E-state index contributed by atoms with van der Waals surface area (Å²) in [5, 5.41) is 4.45. The van der Waals surface area contributed by atoms with Crippen LogP contribution in [0.1, 0.15) is 22.6 Å². The molecule has 0 radical (unpaired) electrons. The zero-order valence-corrected chi connectivity index (χ0v) is 13.0. The van der Waals surface area contributed by atoms with Gasteiger partial charge in [-0.3, -0.25) is 4.21 Å². The van der Waals surface area contributed by atoms with Gasteiger partial charge in [-0.15, -0.1) is 0 Å². The third kappa shape index (κ3) is 3.45. The summed E-state index contributed by atoms with van der Waals surface area (Å²) in [4.78, 5) is 0. The van der Waals surface area contributed by atoms with E-state index < -0.39 is 10.8 Å². The lowest BCUT2D eigenvalue weighted by atomic mass is 10.1. The summed E-state index contributed by atoms with van der Waals surface area (Å²) in [5.41, 5.74) is 2.41. The molecule has 0 saturated heterocycles. The highest BCUT2D eigenvalue weighted by Gasteiger charge is 2.18. The van der Waals surface area contributed by atoms with Crippen molar-refractivity contribution >= 4 is 22.4 Å². The Hall–Kier alpha value is -1.37. The molecule has 2 heterocycles. The van der Waals surface area contributed by atoms with E-state index in [9.17, 15) is 4.21 Å². The summed E-state index contributed by atoms with van der Waals surface area (Å²) >= 11 is 6.09. The van der Waals surface area contributed by atoms with Gasteiger partial charge in [-0.05, 0) is 19.1 Å². The van der Waals surface area contributed by atoms with Crippen LogP contribution in [0.5, 0.6) is 5.75 Å². The zero-order valence-electron chi connectivity index (χ0n) is 11.4. The molecular weight excluding hydrogens is 314 g/mol. The number of hydrogen-bond acceptors (Lipinski definition) is 5. The van der Waals surface area contributed by atoms with Gasteiger partial charge in [0.1, 0.15) is 11.5 Å². The molecule has 0 amide bonds. The van der Waals surface area contributed by atoms with Gasteiger partial charge in [0.25, 0.3) is 0 Å². The first-order valence-corrected chi connectivity index (χ1v) is 8.27. The predicted molar refractivity (Wildman–Crippen MR) is 78.5 cm³/mol. The standard InChI is InChI=1S/C14H14ClNO4S/c1-9-2-13(16-20-9)7-21(17)6-11-4-12(15)3-10-5-18-8-19-14(10)11/h2-4H,5-8H2,1H3. The van der Waals surface area contributed by atoms with Crippen molar-refractivity contribution in [2.75, 3.05) is 6.79 Å². The third-order valence-corrected chi connectivity index (χ3v) is 4.52. The van der Waals surface area contributed by atoms with Crippen LogP contribution in [0.4, 0.5) is 0 Å². The number of aryl methyl sites for hydroxylation is 1. The molecule has 1 aliphatic rings. The molecule has 5 nitrogen and oxygen atoms in total. The van der Waals surface area contributed by atoms with Crippen LogP contribution in [0.3, 0.4) is 0 Å². The molecule has 0 spiro atoms. The number of nitrogens with zero attached hydrogens (tertiary/aromatic N) is 1. The summed E-state index contributed by atoms with van der Waals surface area (Å²) in [6.07, 6.45) is 0. The lowest BCUT2D eigenvalue weighted by molar-refractivity contribution is -0.0169. The summed E-state index contributed by atoms with van der Waals surface area (Å²) < 4.78 is 28.0. The molecule has 1 aromatic heterocycles. The van der Waals surface area contributed by atoms with E-state index in [1.807, 2.05) is 6.07 Å². The van der Waals surface area contributed by atoms with E-state index in [4.69, 9.17) is 25.6 Å². The maximum absolute atomic E-state index is 12.3. The minimum absolute atomic E-state index is 0.205. The van der Waals surface area contributed by atoms with Gasteiger partial charge < -0.3 is 14.0 Å². The Labute approximate surface area is 129 Å². The van der Waals surface area contributed by atoms with E-state index in [-0.39, 0.29) is 6.79 Å². The Morgan fingerprint density at radius 2 is 2.19 bits per heavy atom. The number of ether oxygens (including phenoxy) is 2. The first-order chi connectivity index (χ1) is 10.1. The van der Waals surface area contributed by atoms with Gasteiger partial charge in [-0.2, -0.15) is 0 Å². The maximum atomic E-state index is 12.3. The summed E-state index contributed by atoms with van der Waals surface area (Å²) in [6.45, 7) is 2.47. The van der Waals surface area contributed by atoms with Crippen LogP contribution < -0.4 is 4.74 Å². The fourth-order valence-corrected chi connectivity index (χ4v) is 3.63. The minimum atomic E-state index is -1.12. The van der Waals surface area contributed by atoms with Crippen molar-refractivity contribution in [1.29, 1.82) is 0 Å². The number of fused-ring (bicyclic) bond motifs is 1. The van der Waals surface area contributed by atoms with Crippen LogP contribution in [0.2, 0.25) is 5.02 Å². The second kappa shape index (κ2) is 6.17. The molecule has 1 atom stereocenters. The maximum Gasteiger partial charge on any atom is 0.189 e. The van der Waals surface area contributed by atoms with E-state index >= 15 is 0 Å². The van der Waals surface area contributed by atoms with Crippen LogP contribution >= 0.6 is 11.6 Å². The molecule has 112 valence electrons. The van der Waals surface area contributed by atoms with E-state index in [0.29, 0.717) is 34.6 Å².